The zero-order valence-electron chi connectivity index (χ0n) is 10.7. The van der Waals surface area contributed by atoms with Crippen LogP contribution >= 0.6 is 11.6 Å². The largest absolute Gasteiger partial charge is 0.364 e. The topological polar surface area (TPSA) is 55.6 Å². The van der Waals surface area contributed by atoms with Crippen LogP contribution in [0.4, 0.5) is 5.82 Å². The lowest BCUT2D eigenvalue weighted by atomic mass is 10.1. The molecule has 0 bridgehead atoms. The molecule has 0 atom stereocenters. The molecule has 0 amide bonds. The van der Waals surface area contributed by atoms with Crippen LogP contribution in [0.5, 0.6) is 0 Å². The highest BCUT2D eigenvalue weighted by Gasteiger charge is 2.13. The van der Waals surface area contributed by atoms with Crippen LogP contribution in [0, 0.1) is 0 Å². The molecule has 2 aromatic heterocycles. The van der Waals surface area contributed by atoms with Gasteiger partial charge in [-0.2, -0.15) is 5.10 Å². The van der Waals surface area contributed by atoms with Crippen LogP contribution in [0.25, 0.3) is 0 Å². The number of anilines is 1. The van der Waals surface area contributed by atoms with Crippen LogP contribution < -0.4 is 5.32 Å². The van der Waals surface area contributed by atoms with Gasteiger partial charge in [-0.25, -0.2) is 9.97 Å². The molecule has 0 aliphatic carbocycles. The Bertz CT molecular complexity index is 535. The van der Waals surface area contributed by atoms with E-state index >= 15 is 0 Å². The number of rotatable bonds is 4. The maximum absolute atomic E-state index is 6.11. The van der Waals surface area contributed by atoms with Crippen LogP contribution in [-0.2, 0) is 13.6 Å². The zero-order chi connectivity index (χ0) is 13.1. The normalized spacial score (nSPS) is 10.9. The average molecular weight is 266 g/mol. The van der Waals surface area contributed by atoms with Gasteiger partial charge in [-0.3, -0.25) is 4.68 Å². The number of aryl methyl sites for hydroxylation is 1. The van der Waals surface area contributed by atoms with E-state index < -0.39 is 0 Å². The molecule has 2 aromatic rings. The predicted molar refractivity (Wildman–Crippen MR) is 71.7 cm³/mol. The first-order valence-electron chi connectivity index (χ1n) is 5.80. The van der Waals surface area contributed by atoms with Crippen molar-refractivity contribution < 1.29 is 0 Å². The predicted octanol–water partition coefficient (Wildman–Crippen LogP) is 2.60. The van der Waals surface area contributed by atoms with Crippen molar-refractivity contribution in [3.8, 4) is 0 Å². The van der Waals surface area contributed by atoms with Gasteiger partial charge in [-0.15, -0.1) is 0 Å². The fraction of sp³-hybridized carbons (Fsp3) is 0.417. The Labute approximate surface area is 111 Å². The van der Waals surface area contributed by atoms with E-state index in [1.807, 2.05) is 17.8 Å². The number of hydrogen-bond donors (Lipinski definition) is 1. The number of hydrogen-bond acceptors (Lipinski definition) is 4. The van der Waals surface area contributed by atoms with Crippen molar-refractivity contribution in [2.24, 2.45) is 7.05 Å². The highest BCUT2D eigenvalue weighted by molar-refractivity contribution is 6.30. The molecule has 5 nitrogen and oxygen atoms in total. The molecule has 2 rings (SSSR count). The molecule has 0 saturated carbocycles. The Morgan fingerprint density at radius 3 is 2.78 bits per heavy atom. The molecule has 96 valence electrons. The molecule has 0 aliphatic heterocycles. The molecule has 2 heterocycles. The van der Waals surface area contributed by atoms with Crippen molar-refractivity contribution in [3.63, 3.8) is 0 Å². The third-order valence-electron chi connectivity index (χ3n) is 2.77. The molecule has 0 saturated heterocycles. The third-order valence-corrected chi connectivity index (χ3v) is 3.07. The van der Waals surface area contributed by atoms with Gasteiger partial charge in [0.25, 0.3) is 0 Å². The second kappa shape index (κ2) is 5.35. The minimum Gasteiger partial charge on any atom is -0.364 e. The summed E-state index contributed by atoms with van der Waals surface area (Å²) in [5, 5.41) is 7.91. The lowest BCUT2D eigenvalue weighted by Gasteiger charge is -2.14. The first kappa shape index (κ1) is 12.8. The van der Waals surface area contributed by atoms with Gasteiger partial charge in [0.15, 0.2) is 0 Å². The Morgan fingerprint density at radius 1 is 1.39 bits per heavy atom. The second-order valence-corrected chi connectivity index (χ2v) is 4.74. The van der Waals surface area contributed by atoms with Gasteiger partial charge in [-0.1, -0.05) is 25.4 Å². The maximum atomic E-state index is 6.11. The van der Waals surface area contributed by atoms with Gasteiger partial charge in [0, 0.05) is 18.8 Å². The van der Waals surface area contributed by atoms with Crippen LogP contribution in [0.2, 0.25) is 5.15 Å². The van der Waals surface area contributed by atoms with E-state index in [9.17, 15) is 0 Å². The molecular formula is C12H16ClN5. The summed E-state index contributed by atoms with van der Waals surface area (Å²) < 4.78 is 1.82. The standard InChI is InChI=1S/C12H16ClN5/c1-8(2)10-11(13)15-7-16-12(10)14-6-9-4-5-17-18(9)3/h4-5,7-8H,6H2,1-3H3,(H,14,15,16). The van der Waals surface area contributed by atoms with Gasteiger partial charge in [0.1, 0.15) is 17.3 Å². The van der Waals surface area contributed by atoms with Crippen LogP contribution in [-0.4, -0.2) is 19.7 Å². The van der Waals surface area contributed by atoms with Crippen LogP contribution in [0.15, 0.2) is 18.6 Å². The smallest absolute Gasteiger partial charge is 0.138 e. The molecule has 0 aromatic carbocycles. The molecule has 6 heteroatoms. The summed E-state index contributed by atoms with van der Waals surface area (Å²) in [6.45, 7) is 4.79. The Morgan fingerprint density at radius 2 is 2.17 bits per heavy atom. The summed E-state index contributed by atoms with van der Waals surface area (Å²) in [5.41, 5.74) is 2.03. The number of nitrogens with zero attached hydrogens (tertiary/aromatic N) is 4. The first-order valence-corrected chi connectivity index (χ1v) is 6.18. The SMILES string of the molecule is CC(C)c1c(Cl)ncnc1NCc1ccnn1C. The molecule has 1 N–H and O–H groups in total. The van der Waals surface area contributed by atoms with Gasteiger partial charge in [0.2, 0.25) is 0 Å². The molecule has 18 heavy (non-hydrogen) atoms. The van der Waals surface area contributed by atoms with E-state index in [0.29, 0.717) is 11.7 Å². The Kier molecular flexibility index (Phi) is 3.81. The van der Waals surface area contributed by atoms with Gasteiger partial charge in [-0.05, 0) is 12.0 Å². The summed E-state index contributed by atoms with van der Waals surface area (Å²) in [7, 11) is 1.91. The van der Waals surface area contributed by atoms with Crippen molar-refractivity contribution in [2.45, 2.75) is 26.3 Å². The molecular weight excluding hydrogens is 250 g/mol. The fourth-order valence-electron chi connectivity index (χ4n) is 1.78. The van der Waals surface area contributed by atoms with E-state index in [1.54, 1.807) is 6.20 Å². The molecule has 0 radical (unpaired) electrons. The molecule has 0 aliphatic rings. The highest BCUT2D eigenvalue weighted by Crippen LogP contribution is 2.28. The van der Waals surface area contributed by atoms with Crippen molar-refractivity contribution in [2.75, 3.05) is 5.32 Å². The van der Waals surface area contributed by atoms with E-state index in [0.717, 1.165) is 17.1 Å². The Hall–Kier alpha value is -1.62. The van der Waals surface area contributed by atoms with E-state index in [2.05, 4.69) is 34.2 Å². The minimum absolute atomic E-state index is 0.271. The van der Waals surface area contributed by atoms with Gasteiger partial charge in [0.05, 0.1) is 12.2 Å². The lowest BCUT2D eigenvalue weighted by molar-refractivity contribution is 0.718. The van der Waals surface area contributed by atoms with Crippen molar-refractivity contribution in [3.05, 3.63) is 35.0 Å². The quantitative estimate of drug-likeness (QED) is 0.864. The first-order chi connectivity index (χ1) is 8.59. The van der Waals surface area contributed by atoms with E-state index in [1.165, 1.54) is 6.33 Å². The zero-order valence-corrected chi connectivity index (χ0v) is 11.4. The minimum atomic E-state index is 0.271. The summed E-state index contributed by atoms with van der Waals surface area (Å²) in [5.74, 6) is 1.05. The summed E-state index contributed by atoms with van der Waals surface area (Å²) in [4.78, 5) is 8.27. The van der Waals surface area contributed by atoms with Crippen molar-refractivity contribution in [1.82, 2.24) is 19.7 Å². The Balaban J connectivity index is 2.19. The number of nitrogens with one attached hydrogen (secondary N) is 1. The van der Waals surface area contributed by atoms with Crippen LogP contribution in [0.3, 0.4) is 0 Å². The van der Waals surface area contributed by atoms with Crippen molar-refractivity contribution in [1.29, 1.82) is 0 Å². The molecule has 0 fully saturated rings. The molecule has 0 spiro atoms. The number of aromatic nitrogens is 4. The molecule has 0 unspecified atom stereocenters. The van der Waals surface area contributed by atoms with Gasteiger partial charge < -0.3 is 5.32 Å². The van der Waals surface area contributed by atoms with Crippen LogP contribution in [0.1, 0.15) is 31.0 Å². The van der Waals surface area contributed by atoms with Gasteiger partial charge >= 0.3 is 0 Å². The van der Waals surface area contributed by atoms with E-state index in [4.69, 9.17) is 11.6 Å². The summed E-state index contributed by atoms with van der Waals surface area (Å²) >= 11 is 6.11. The second-order valence-electron chi connectivity index (χ2n) is 4.38. The fourth-order valence-corrected chi connectivity index (χ4v) is 2.13. The summed E-state index contributed by atoms with van der Waals surface area (Å²) in [6.07, 6.45) is 3.24. The highest BCUT2D eigenvalue weighted by atomic mass is 35.5. The summed E-state index contributed by atoms with van der Waals surface area (Å²) in [6, 6.07) is 1.96. The monoisotopic (exact) mass is 265 g/mol. The maximum Gasteiger partial charge on any atom is 0.138 e. The third kappa shape index (κ3) is 2.61. The van der Waals surface area contributed by atoms with E-state index in [-0.39, 0.29) is 5.92 Å². The number of halogens is 1. The average Bonchev–Trinajstić information content (AvgIpc) is 2.71. The van der Waals surface area contributed by atoms with Crippen molar-refractivity contribution >= 4 is 17.4 Å². The lowest BCUT2D eigenvalue weighted by Crippen LogP contribution is -2.09.